The Morgan fingerprint density at radius 3 is 2.41 bits per heavy atom. The highest BCUT2D eigenvalue weighted by molar-refractivity contribution is 5.25. The van der Waals surface area contributed by atoms with Gasteiger partial charge in [-0.15, -0.1) is 0 Å². The van der Waals surface area contributed by atoms with Crippen LogP contribution in [0.5, 0.6) is 0 Å². The molecule has 1 aromatic rings. The van der Waals surface area contributed by atoms with Crippen molar-refractivity contribution in [2.45, 2.75) is 53.5 Å². The molecule has 17 heavy (non-hydrogen) atoms. The molecule has 0 aliphatic rings. The smallest absolute Gasteiger partial charge is 0.0602 e. The van der Waals surface area contributed by atoms with E-state index >= 15 is 0 Å². The van der Waals surface area contributed by atoms with Crippen LogP contribution in [0.25, 0.3) is 0 Å². The minimum atomic E-state index is 0.370. The van der Waals surface area contributed by atoms with Gasteiger partial charge in [0.25, 0.3) is 0 Å². The summed E-state index contributed by atoms with van der Waals surface area (Å²) in [5.74, 6) is 0. The molecule has 1 aromatic heterocycles. The highest BCUT2D eigenvalue weighted by atomic mass is 14.9. The molecule has 2 heteroatoms. The number of rotatable bonds is 4. The van der Waals surface area contributed by atoms with E-state index in [1.807, 2.05) is 13.2 Å². The molecular weight excluding hydrogens is 208 g/mol. The second kappa shape index (κ2) is 5.63. The molecule has 0 saturated heterocycles. The lowest BCUT2D eigenvalue weighted by Gasteiger charge is -2.23. The van der Waals surface area contributed by atoms with Crippen molar-refractivity contribution < 1.29 is 0 Å². The molecule has 0 bridgehead atoms. The minimum absolute atomic E-state index is 0.370. The van der Waals surface area contributed by atoms with Crippen molar-refractivity contribution in [1.82, 2.24) is 10.3 Å². The van der Waals surface area contributed by atoms with Gasteiger partial charge in [0.1, 0.15) is 0 Å². The highest BCUT2D eigenvalue weighted by Crippen LogP contribution is 2.27. The summed E-state index contributed by atoms with van der Waals surface area (Å²) >= 11 is 0. The number of nitrogens with one attached hydrogen (secondary N) is 1. The summed E-state index contributed by atoms with van der Waals surface area (Å²) in [5.41, 5.74) is 4.10. The van der Waals surface area contributed by atoms with Gasteiger partial charge in [-0.2, -0.15) is 0 Å². The molecule has 0 fully saturated rings. The van der Waals surface area contributed by atoms with Crippen LogP contribution in [-0.4, -0.2) is 12.0 Å². The van der Waals surface area contributed by atoms with Gasteiger partial charge in [0.2, 0.25) is 0 Å². The molecule has 1 rings (SSSR count). The summed E-state index contributed by atoms with van der Waals surface area (Å²) in [6.07, 6.45) is 4.30. The second-order valence-corrected chi connectivity index (χ2v) is 6.16. The molecule has 0 radical (unpaired) electrons. The Morgan fingerprint density at radius 2 is 1.94 bits per heavy atom. The molecule has 0 saturated carbocycles. The van der Waals surface area contributed by atoms with Crippen LogP contribution < -0.4 is 5.32 Å². The molecule has 0 spiro atoms. The Labute approximate surface area is 106 Å². The quantitative estimate of drug-likeness (QED) is 0.857. The largest absolute Gasteiger partial charge is 0.312 e. The molecule has 0 aromatic carbocycles. The lowest BCUT2D eigenvalue weighted by atomic mass is 9.87. The van der Waals surface area contributed by atoms with Crippen LogP contribution in [-0.2, 0) is 0 Å². The molecule has 0 aliphatic heterocycles. The fourth-order valence-corrected chi connectivity index (χ4v) is 2.09. The third kappa shape index (κ3) is 4.47. The fourth-order valence-electron chi connectivity index (χ4n) is 2.09. The molecule has 1 heterocycles. The maximum Gasteiger partial charge on any atom is 0.0602 e. The van der Waals surface area contributed by atoms with Crippen molar-refractivity contribution in [3.05, 3.63) is 29.1 Å². The van der Waals surface area contributed by atoms with Gasteiger partial charge in [0, 0.05) is 12.2 Å². The molecule has 1 N–H and O–H groups in total. The van der Waals surface area contributed by atoms with Crippen LogP contribution in [0.3, 0.4) is 0 Å². The standard InChI is InChI=1S/C15H26N2/c1-11-9-12(2)14(17-10-11)13(16-6)7-8-15(3,4)5/h9-10,13,16H,7-8H2,1-6H3. The van der Waals surface area contributed by atoms with Gasteiger partial charge in [-0.3, -0.25) is 4.98 Å². The maximum absolute atomic E-state index is 4.59. The van der Waals surface area contributed by atoms with Crippen molar-refractivity contribution in [2.75, 3.05) is 7.05 Å². The Morgan fingerprint density at radius 1 is 1.29 bits per heavy atom. The zero-order chi connectivity index (χ0) is 13.1. The van der Waals surface area contributed by atoms with Crippen LogP contribution >= 0.6 is 0 Å². The van der Waals surface area contributed by atoms with Gasteiger partial charge in [0.15, 0.2) is 0 Å². The zero-order valence-corrected chi connectivity index (χ0v) is 12.1. The third-order valence-electron chi connectivity index (χ3n) is 3.12. The van der Waals surface area contributed by atoms with Crippen molar-refractivity contribution in [3.63, 3.8) is 0 Å². The van der Waals surface area contributed by atoms with Gasteiger partial charge in [-0.1, -0.05) is 26.8 Å². The first-order chi connectivity index (χ1) is 7.83. The van der Waals surface area contributed by atoms with E-state index in [4.69, 9.17) is 0 Å². The molecule has 1 atom stereocenters. The first-order valence-electron chi connectivity index (χ1n) is 6.44. The van der Waals surface area contributed by atoms with Crippen LogP contribution in [0.1, 0.15) is 56.5 Å². The van der Waals surface area contributed by atoms with Crippen molar-refractivity contribution >= 4 is 0 Å². The lowest BCUT2D eigenvalue weighted by molar-refractivity contribution is 0.335. The fraction of sp³-hybridized carbons (Fsp3) is 0.667. The third-order valence-corrected chi connectivity index (χ3v) is 3.12. The van der Waals surface area contributed by atoms with E-state index in [-0.39, 0.29) is 0 Å². The predicted octanol–water partition coefficient (Wildman–Crippen LogP) is 3.79. The zero-order valence-electron chi connectivity index (χ0n) is 12.1. The van der Waals surface area contributed by atoms with Gasteiger partial charge in [-0.25, -0.2) is 0 Å². The van der Waals surface area contributed by atoms with Crippen LogP contribution in [0.15, 0.2) is 12.3 Å². The van der Waals surface area contributed by atoms with E-state index in [2.05, 4.69) is 51.0 Å². The topological polar surface area (TPSA) is 24.9 Å². The Bertz CT molecular complexity index is 364. The van der Waals surface area contributed by atoms with Crippen LogP contribution in [0.2, 0.25) is 0 Å². The summed E-state index contributed by atoms with van der Waals surface area (Å²) in [6, 6.07) is 2.58. The van der Waals surface area contributed by atoms with Crippen LogP contribution in [0, 0.1) is 19.3 Å². The Balaban J connectivity index is 2.79. The minimum Gasteiger partial charge on any atom is -0.312 e. The monoisotopic (exact) mass is 234 g/mol. The molecular formula is C15H26N2. The van der Waals surface area contributed by atoms with E-state index in [0.717, 1.165) is 6.42 Å². The van der Waals surface area contributed by atoms with E-state index in [1.165, 1.54) is 23.2 Å². The SMILES string of the molecule is CNC(CCC(C)(C)C)c1ncc(C)cc1C. The van der Waals surface area contributed by atoms with E-state index < -0.39 is 0 Å². The molecule has 96 valence electrons. The number of hydrogen-bond donors (Lipinski definition) is 1. The summed E-state index contributed by atoms with van der Waals surface area (Å²) in [4.78, 5) is 4.59. The summed E-state index contributed by atoms with van der Waals surface area (Å²) in [6.45, 7) is 11.1. The second-order valence-electron chi connectivity index (χ2n) is 6.16. The van der Waals surface area contributed by atoms with Crippen molar-refractivity contribution in [3.8, 4) is 0 Å². The lowest BCUT2D eigenvalue weighted by Crippen LogP contribution is -2.21. The first-order valence-corrected chi connectivity index (χ1v) is 6.44. The summed E-state index contributed by atoms with van der Waals surface area (Å²) < 4.78 is 0. The van der Waals surface area contributed by atoms with Crippen molar-refractivity contribution in [2.24, 2.45) is 5.41 Å². The average molecular weight is 234 g/mol. The van der Waals surface area contributed by atoms with Crippen molar-refractivity contribution in [1.29, 1.82) is 0 Å². The maximum atomic E-state index is 4.59. The van der Waals surface area contributed by atoms with Gasteiger partial charge < -0.3 is 5.32 Å². The summed E-state index contributed by atoms with van der Waals surface area (Å²) in [7, 11) is 2.02. The van der Waals surface area contributed by atoms with E-state index in [9.17, 15) is 0 Å². The highest BCUT2D eigenvalue weighted by Gasteiger charge is 2.17. The van der Waals surface area contributed by atoms with Gasteiger partial charge in [-0.05, 0) is 50.3 Å². The molecule has 0 amide bonds. The number of aromatic nitrogens is 1. The Kier molecular flexibility index (Phi) is 4.70. The Hall–Kier alpha value is -0.890. The van der Waals surface area contributed by atoms with Gasteiger partial charge >= 0.3 is 0 Å². The molecule has 2 nitrogen and oxygen atoms in total. The number of pyridine rings is 1. The molecule has 1 unspecified atom stereocenters. The number of nitrogens with zero attached hydrogens (tertiary/aromatic N) is 1. The van der Waals surface area contributed by atoms with Crippen LogP contribution in [0.4, 0.5) is 0 Å². The first kappa shape index (κ1) is 14.2. The van der Waals surface area contributed by atoms with E-state index in [0.29, 0.717) is 11.5 Å². The molecule has 0 aliphatic carbocycles. The predicted molar refractivity (Wildman–Crippen MR) is 74.2 cm³/mol. The summed E-state index contributed by atoms with van der Waals surface area (Å²) in [5, 5.41) is 3.39. The average Bonchev–Trinajstić information content (AvgIpc) is 2.19. The van der Waals surface area contributed by atoms with Gasteiger partial charge in [0.05, 0.1) is 5.69 Å². The number of aryl methyl sites for hydroxylation is 2. The van der Waals surface area contributed by atoms with E-state index in [1.54, 1.807) is 0 Å². The number of hydrogen-bond acceptors (Lipinski definition) is 2. The normalized spacial score (nSPS) is 13.8.